The first-order valence-electron chi connectivity index (χ1n) is 36.7. The second-order valence-electron chi connectivity index (χ2n) is 28.5. The van der Waals surface area contributed by atoms with E-state index in [0.29, 0.717) is 0 Å². The van der Waals surface area contributed by atoms with Gasteiger partial charge in [-0.2, -0.15) is 0 Å². The molecule has 8 aromatic heterocycles. The van der Waals surface area contributed by atoms with Crippen LogP contribution in [0.5, 0.6) is 0 Å². The fourth-order valence-electron chi connectivity index (χ4n) is 17.4. The lowest BCUT2D eigenvalue weighted by Gasteiger charge is -2.36. The molecular formula is C96H70N12. The van der Waals surface area contributed by atoms with Crippen LogP contribution in [0.1, 0.15) is 44.5 Å². The van der Waals surface area contributed by atoms with Crippen LogP contribution in [-0.2, 0) is 0 Å². The highest BCUT2D eigenvalue weighted by Gasteiger charge is 2.34. The number of benzene rings is 12. The second-order valence-corrected chi connectivity index (χ2v) is 28.5. The molecule has 0 bridgehead atoms. The van der Waals surface area contributed by atoms with Crippen LogP contribution in [0.15, 0.2) is 280 Å². The minimum Gasteiger partial charge on any atom is -0.309 e. The third-order valence-electron chi connectivity index (χ3n) is 22.7. The van der Waals surface area contributed by atoms with Gasteiger partial charge in [0.15, 0.2) is 0 Å². The maximum absolute atomic E-state index is 5.17. The first kappa shape index (κ1) is 63.8. The van der Waals surface area contributed by atoms with Crippen molar-refractivity contribution in [3.63, 3.8) is 0 Å². The molecule has 0 aliphatic carbocycles. The number of aromatic nitrogens is 8. The lowest BCUT2D eigenvalue weighted by Crippen LogP contribution is -2.18. The van der Waals surface area contributed by atoms with Gasteiger partial charge in [0.2, 0.25) is 0 Å². The zero-order valence-electron chi connectivity index (χ0n) is 60.9. The van der Waals surface area contributed by atoms with E-state index in [0.717, 1.165) is 232 Å². The third-order valence-corrected chi connectivity index (χ3v) is 22.7. The first-order valence-corrected chi connectivity index (χ1v) is 36.7. The summed E-state index contributed by atoms with van der Waals surface area (Å²) < 4.78 is 0. The maximum atomic E-state index is 5.17. The highest BCUT2D eigenvalue weighted by molar-refractivity contribution is 6.33. The topological polar surface area (TPSA) is 116 Å². The number of hydrogen-bond acceptors (Lipinski definition) is 12. The van der Waals surface area contributed by atoms with E-state index >= 15 is 0 Å². The predicted molar refractivity (Wildman–Crippen MR) is 449 cm³/mol. The Balaban J connectivity index is 1.02. The molecule has 0 fully saturated rings. The summed E-state index contributed by atoms with van der Waals surface area (Å²) in [6.45, 7) is 17.8. The molecule has 0 saturated carbocycles. The van der Waals surface area contributed by atoms with E-state index in [1.807, 2.05) is 98.1 Å². The molecule has 0 aliphatic heterocycles. The molecule has 12 aromatic carbocycles. The Kier molecular flexibility index (Phi) is 14.7. The van der Waals surface area contributed by atoms with Gasteiger partial charge in [-0.15, -0.1) is 0 Å². The van der Waals surface area contributed by atoms with E-state index < -0.39 is 0 Å². The van der Waals surface area contributed by atoms with Gasteiger partial charge >= 0.3 is 0 Å². The lowest BCUT2D eigenvalue weighted by molar-refractivity contribution is 1.21. The average molecular weight is 1390 g/mol. The van der Waals surface area contributed by atoms with Crippen molar-refractivity contribution in [1.82, 2.24) is 39.9 Å². The molecule has 0 spiro atoms. The predicted octanol–water partition coefficient (Wildman–Crippen LogP) is 25.3. The molecule has 12 heteroatoms. The standard InChI is InChI=1S/C96H70N12/c1-55-75(37-25-63-17-9-45-97-89(55)63)105(76-38-26-64-18-10-46-98-90(64)56(76)2)83-53-84(106(77-39-27-65-19-11-47-99-91(65)57(77)3)78-40-28-66-20-12-48-100-92(66)58(78)4)72-35-36-74-86(108(81-43-31-69-23-15-51-103-95(69)61(81)7)82-44-32-70-24-16-52-104-96(70)62(82)8)54-85(73-34-33-71(83)87(72)88(73)74)107(79-41-29-67-21-13-49-101-93(67)59(79)5)80-42-30-68-22-14-50-102-94(68)60(80)6/h9-54H,1-8H3. The van der Waals surface area contributed by atoms with Crippen LogP contribution in [0.2, 0.25) is 0 Å². The Morgan fingerprint density at radius 1 is 0.167 bits per heavy atom. The van der Waals surface area contributed by atoms with Crippen molar-refractivity contribution in [2.75, 3.05) is 19.6 Å². The van der Waals surface area contributed by atoms with E-state index in [2.05, 4.69) is 257 Å². The fourth-order valence-corrected chi connectivity index (χ4v) is 17.4. The Labute approximate surface area is 623 Å². The van der Waals surface area contributed by atoms with Crippen LogP contribution in [0.25, 0.3) is 120 Å². The molecule has 514 valence electrons. The molecule has 108 heavy (non-hydrogen) atoms. The van der Waals surface area contributed by atoms with Gasteiger partial charge < -0.3 is 19.6 Å². The molecule has 0 unspecified atom stereocenters. The minimum absolute atomic E-state index is 0.918. The normalized spacial score (nSPS) is 11.9. The lowest BCUT2D eigenvalue weighted by atomic mass is 9.88. The minimum atomic E-state index is 0.918. The van der Waals surface area contributed by atoms with Crippen LogP contribution in [0.4, 0.5) is 68.2 Å². The molecule has 0 aliphatic rings. The van der Waals surface area contributed by atoms with E-state index in [9.17, 15) is 0 Å². The number of hydrogen-bond donors (Lipinski definition) is 0. The average Bonchev–Trinajstić information content (AvgIpc) is 0.694. The van der Waals surface area contributed by atoms with E-state index in [1.54, 1.807) is 0 Å². The molecule has 8 heterocycles. The quantitative estimate of drug-likeness (QED) is 0.108. The van der Waals surface area contributed by atoms with Crippen molar-refractivity contribution in [1.29, 1.82) is 0 Å². The van der Waals surface area contributed by atoms with Gasteiger partial charge in [-0.05, 0) is 209 Å². The fraction of sp³-hybridized carbons (Fsp3) is 0.0833. The van der Waals surface area contributed by atoms with Crippen molar-refractivity contribution in [2.45, 2.75) is 55.4 Å². The number of rotatable bonds is 12. The molecule has 0 N–H and O–H groups in total. The molecule has 0 amide bonds. The second kappa shape index (κ2) is 24.9. The van der Waals surface area contributed by atoms with Crippen LogP contribution in [0, 0.1) is 55.4 Å². The largest absolute Gasteiger partial charge is 0.309 e. The highest BCUT2D eigenvalue weighted by atomic mass is 15.2. The van der Waals surface area contributed by atoms with Crippen LogP contribution >= 0.6 is 0 Å². The Morgan fingerprint density at radius 2 is 0.315 bits per heavy atom. The van der Waals surface area contributed by atoms with Crippen LogP contribution in [0.3, 0.4) is 0 Å². The molecule has 20 aromatic rings. The first-order chi connectivity index (χ1) is 52.9. The van der Waals surface area contributed by atoms with E-state index in [4.69, 9.17) is 39.9 Å². The summed E-state index contributed by atoms with van der Waals surface area (Å²) in [6, 6.07) is 83.9. The molecule has 20 rings (SSSR count). The van der Waals surface area contributed by atoms with Crippen molar-refractivity contribution in [3.05, 3.63) is 325 Å². The summed E-state index contributed by atoms with van der Waals surface area (Å²) in [5.74, 6) is 0. The van der Waals surface area contributed by atoms with Crippen LogP contribution in [-0.4, -0.2) is 39.9 Å². The van der Waals surface area contributed by atoms with Crippen molar-refractivity contribution in [2.24, 2.45) is 0 Å². The smallest absolute Gasteiger partial charge is 0.0751 e. The number of nitrogens with zero attached hydrogens (tertiary/aromatic N) is 12. The number of anilines is 12. The zero-order valence-corrected chi connectivity index (χ0v) is 60.9. The van der Waals surface area contributed by atoms with Crippen molar-refractivity contribution in [3.8, 4) is 0 Å². The van der Waals surface area contributed by atoms with Gasteiger partial charge in [-0.3, -0.25) is 39.9 Å². The number of aryl methyl sites for hydroxylation is 8. The van der Waals surface area contributed by atoms with Gasteiger partial charge in [0.1, 0.15) is 0 Å². The summed E-state index contributed by atoms with van der Waals surface area (Å²) in [4.78, 5) is 51.3. The summed E-state index contributed by atoms with van der Waals surface area (Å²) in [6.07, 6.45) is 15.2. The van der Waals surface area contributed by atoms with Gasteiger partial charge in [0.25, 0.3) is 0 Å². The van der Waals surface area contributed by atoms with Crippen LogP contribution < -0.4 is 19.6 Å². The Morgan fingerprint density at radius 3 is 0.463 bits per heavy atom. The van der Waals surface area contributed by atoms with Gasteiger partial charge in [0.05, 0.1) is 112 Å². The molecule has 12 nitrogen and oxygen atoms in total. The summed E-state index contributed by atoms with van der Waals surface area (Å²) in [7, 11) is 0. The van der Waals surface area contributed by atoms with E-state index in [1.165, 1.54) is 0 Å². The maximum Gasteiger partial charge on any atom is 0.0751 e. The summed E-state index contributed by atoms with van der Waals surface area (Å²) >= 11 is 0. The summed E-state index contributed by atoms with van der Waals surface area (Å²) in [5.41, 5.74) is 27.2. The highest BCUT2D eigenvalue weighted by Crippen LogP contribution is 2.58. The number of pyridine rings is 8. The zero-order chi connectivity index (χ0) is 72.7. The molecule has 0 atom stereocenters. The number of fused-ring (bicyclic) bond motifs is 8. The van der Waals surface area contributed by atoms with Crippen molar-refractivity contribution >= 4 is 188 Å². The van der Waals surface area contributed by atoms with Crippen molar-refractivity contribution < 1.29 is 0 Å². The van der Waals surface area contributed by atoms with E-state index in [-0.39, 0.29) is 0 Å². The third kappa shape index (κ3) is 9.76. The SMILES string of the molecule is Cc1c(N(c2ccc3cccnc3c2C)c2cc(N(c3ccc4cccnc4c3C)c3ccc4cccnc4c3C)c3ccc4c(N(c5ccc6cccnc6c5C)c5ccc6cccnc6c5C)cc(N(c5ccc6cccnc6c5C)c5ccc6cccnc6c5C)c5ccc2c3c54)ccc2cccnc12. The molecule has 0 saturated heterocycles. The summed E-state index contributed by atoms with van der Waals surface area (Å²) in [5, 5.41) is 14.6. The van der Waals surface area contributed by atoms with Gasteiger partial charge in [-0.25, -0.2) is 0 Å². The van der Waals surface area contributed by atoms with Gasteiger partial charge in [-0.1, -0.05) is 121 Å². The molecular weight excluding hydrogens is 1320 g/mol. The Hall–Kier alpha value is -13.8. The van der Waals surface area contributed by atoms with Gasteiger partial charge in [0, 0.05) is 125 Å². The molecule has 0 radical (unpaired) electrons. The monoisotopic (exact) mass is 1390 g/mol. The Bertz CT molecular complexity index is 5990.